The topological polar surface area (TPSA) is 212 Å². The van der Waals surface area contributed by atoms with Gasteiger partial charge in [0.2, 0.25) is 17.7 Å². The molecule has 0 spiro atoms. The van der Waals surface area contributed by atoms with Gasteiger partial charge in [-0.05, 0) is 66.3 Å². The van der Waals surface area contributed by atoms with Crippen LogP contribution >= 0.6 is 22.9 Å². The molecule has 15 nitrogen and oxygen atoms in total. The average Bonchev–Trinajstić information content (AvgIpc) is 3.91. The Morgan fingerprint density at radius 2 is 1.63 bits per heavy atom. The minimum Gasteiger partial charge on any atom is -0.489 e. The number of aromatic nitrogens is 1. The number of carbonyl (C=O) groups is 5. The van der Waals surface area contributed by atoms with Crippen LogP contribution in [-0.4, -0.2) is 101 Å². The molecule has 17 heteroatoms. The summed E-state index contributed by atoms with van der Waals surface area (Å²) in [5, 5.41) is 31.7. The van der Waals surface area contributed by atoms with Crippen LogP contribution in [0.15, 0.2) is 72.2 Å². The number of ether oxygens (including phenoxy) is 2. The highest BCUT2D eigenvalue weighted by Crippen LogP contribution is 2.55. The van der Waals surface area contributed by atoms with Crippen LogP contribution in [0, 0.1) is 34.5 Å². The molecule has 4 aromatic rings. The zero-order valence-electron chi connectivity index (χ0n) is 39.2. The van der Waals surface area contributed by atoms with Crippen LogP contribution in [0.4, 0.5) is 0 Å². The second-order valence-corrected chi connectivity index (χ2v) is 20.7. The van der Waals surface area contributed by atoms with Gasteiger partial charge in [-0.25, -0.2) is 4.98 Å². The zero-order chi connectivity index (χ0) is 48.8. The van der Waals surface area contributed by atoms with Crippen molar-refractivity contribution in [3.05, 3.63) is 105 Å². The van der Waals surface area contributed by atoms with E-state index in [4.69, 9.17) is 21.1 Å². The van der Waals surface area contributed by atoms with Gasteiger partial charge in [-0.3, -0.25) is 24.0 Å². The number of benzene rings is 3. The number of likely N-dealkylation sites (tertiary alicyclic amines) is 1. The first-order chi connectivity index (χ1) is 31.6. The molecule has 2 fully saturated rings. The van der Waals surface area contributed by atoms with Gasteiger partial charge in [-0.2, -0.15) is 5.26 Å². The number of aliphatic hydroxyl groups excluding tert-OH is 1. The van der Waals surface area contributed by atoms with Crippen LogP contribution in [-0.2, 0) is 25.7 Å². The summed E-state index contributed by atoms with van der Waals surface area (Å²) in [7, 11) is 0. The van der Waals surface area contributed by atoms with Crippen molar-refractivity contribution < 1.29 is 38.6 Å². The number of β-amino-alcohol motifs (C(OH)–C–C–N with tert-alkyl or cyclic N) is 1. The fraction of sp³-hybridized carbons (Fsp3) is 0.460. The number of hydrogen-bond acceptors (Lipinski definition) is 11. The number of carbonyl (C=O) groups excluding carboxylic acids is 5. The van der Waals surface area contributed by atoms with Crippen molar-refractivity contribution in [2.24, 2.45) is 16.2 Å². The van der Waals surface area contributed by atoms with Crippen LogP contribution < -0.4 is 26.0 Å². The van der Waals surface area contributed by atoms with E-state index >= 15 is 0 Å². The maximum absolute atomic E-state index is 14.0. The molecular weight excluding hydrogens is 894 g/mol. The van der Waals surface area contributed by atoms with Gasteiger partial charge < -0.3 is 40.7 Å². The molecule has 0 unspecified atom stereocenters. The minimum atomic E-state index is -1.01. The van der Waals surface area contributed by atoms with E-state index in [0.29, 0.717) is 33.9 Å². The number of nitrogens with zero attached hydrogens (tertiary/aromatic N) is 3. The van der Waals surface area contributed by atoms with Gasteiger partial charge >= 0.3 is 0 Å². The van der Waals surface area contributed by atoms with E-state index in [2.05, 4.69) is 26.3 Å². The average molecular weight is 955 g/mol. The number of amides is 5. The van der Waals surface area contributed by atoms with E-state index in [1.807, 2.05) is 65.0 Å². The highest BCUT2D eigenvalue weighted by atomic mass is 35.5. The maximum Gasteiger partial charge on any atom is 0.251 e. The summed E-state index contributed by atoms with van der Waals surface area (Å²) in [4.78, 5) is 73.5. The first-order valence-corrected chi connectivity index (χ1v) is 23.6. The number of nitrogens with one attached hydrogen (secondary N) is 4. The minimum absolute atomic E-state index is 0.0432. The fourth-order valence-electron chi connectivity index (χ4n) is 9.21. The van der Waals surface area contributed by atoms with E-state index in [9.17, 15) is 34.3 Å². The summed E-state index contributed by atoms with van der Waals surface area (Å²) in [5.74, 6) is -1.47. The highest BCUT2D eigenvalue weighted by Gasteiger charge is 2.64. The molecule has 3 aromatic carbocycles. The predicted molar refractivity (Wildman–Crippen MR) is 255 cm³/mol. The van der Waals surface area contributed by atoms with Crippen LogP contribution in [0.2, 0.25) is 5.02 Å². The van der Waals surface area contributed by atoms with E-state index in [-0.39, 0.29) is 63.2 Å². The molecule has 1 aromatic heterocycles. The number of thiazole rings is 1. The molecule has 6 rings (SSSR count). The molecule has 1 saturated heterocycles. The fourth-order valence-corrected chi connectivity index (χ4v) is 10.2. The van der Waals surface area contributed by atoms with Crippen molar-refractivity contribution in [2.45, 2.75) is 105 Å². The number of hydrogen-bond donors (Lipinski definition) is 5. The highest BCUT2D eigenvalue weighted by molar-refractivity contribution is 7.13. The predicted octanol–water partition coefficient (Wildman–Crippen LogP) is 6.20. The Bertz CT molecular complexity index is 2480. The van der Waals surface area contributed by atoms with Crippen molar-refractivity contribution in [2.75, 3.05) is 26.3 Å². The number of rotatable bonds is 17. The Kier molecular flexibility index (Phi) is 15.8. The lowest BCUT2D eigenvalue weighted by molar-refractivity contribution is -0.164. The van der Waals surface area contributed by atoms with E-state index in [1.165, 1.54) is 4.90 Å². The standard InChI is InChI=1S/C50H60ClN7O8S/c1-29-40(67-28-55-29)31-12-10-30(11-13-31)25-54-44(63)38-22-35(59)26-58(38)45(64)41(48(2,3)4)56-39(60)27-65-21-9-20-53-42(61)32-14-16-33(17-15-32)43(62)57-46-49(5,6)47(50(46,7)8)66-36-19-18-34(24-52)37(51)23-36/h10-19,23,28,35,38,41,46-47,59H,9,20-22,25-27H2,1-8H3,(H,53,61)(H,54,63)(H,56,60)(H,57,62)/t35-,38+,41-,46?,47?/m1/s1. The first kappa shape index (κ1) is 50.6. The van der Waals surface area contributed by atoms with Crippen molar-refractivity contribution in [1.29, 1.82) is 5.26 Å². The van der Waals surface area contributed by atoms with Crippen molar-refractivity contribution in [3.63, 3.8) is 0 Å². The molecule has 3 atom stereocenters. The molecule has 2 aliphatic rings. The van der Waals surface area contributed by atoms with Gasteiger partial charge in [-0.15, -0.1) is 11.3 Å². The number of aliphatic hydroxyl groups is 1. The van der Waals surface area contributed by atoms with Crippen molar-refractivity contribution in [3.8, 4) is 22.3 Å². The summed E-state index contributed by atoms with van der Waals surface area (Å²) in [6.07, 6.45) is -0.682. The Morgan fingerprint density at radius 1 is 0.970 bits per heavy atom. The Hall–Kier alpha value is -5.86. The first-order valence-electron chi connectivity index (χ1n) is 22.3. The summed E-state index contributed by atoms with van der Waals surface area (Å²) < 4.78 is 11.9. The molecule has 1 saturated carbocycles. The largest absolute Gasteiger partial charge is 0.489 e. The number of aryl methyl sites for hydroxylation is 1. The summed E-state index contributed by atoms with van der Waals surface area (Å²) in [6.45, 7) is 15.7. The Balaban J connectivity index is 0.913. The van der Waals surface area contributed by atoms with Gasteiger partial charge in [0.1, 0.15) is 36.6 Å². The summed E-state index contributed by atoms with van der Waals surface area (Å²) >= 11 is 7.79. The molecule has 1 aliphatic carbocycles. The van der Waals surface area contributed by atoms with Crippen LogP contribution in [0.3, 0.4) is 0 Å². The lowest BCUT2D eigenvalue weighted by atomic mass is 9.49. The van der Waals surface area contributed by atoms with Crippen LogP contribution in [0.5, 0.6) is 5.75 Å². The Labute approximate surface area is 401 Å². The number of nitriles is 1. The van der Waals surface area contributed by atoms with Crippen molar-refractivity contribution >= 4 is 52.5 Å². The molecular formula is C50H60ClN7O8S. The smallest absolute Gasteiger partial charge is 0.251 e. The molecule has 5 amide bonds. The number of halogens is 1. The molecule has 0 bridgehead atoms. The zero-order valence-corrected chi connectivity index (χ0v) is 40.8. The Morgan fingerprint density at radius 3 is 2.22 bits per heavy atom. The molecule has 67 heavy (non-hydrogen) atoms. The van der Waals surface area contributed by atoms with E-state index in [1.54, 1.807) is 80.1 Å². The lowest BCUT2D eigenvalue weighted by Gasteiger charge is -2.63. The third kappa shape index (κ3) is 11.8. The normalized spacial score (nSPS) is 19.9. The van der Waals surface area contributed by atoms with Crippen LogP contribution in [0.25, 0.3) is 10.4 Å². The molecule has 356 valence electrons. The molecule has 2 heterocycles. The summed E-state index contributed by atoms with van der Waals surface area (Å²) in [5.41, 5.74) is 4.17. The molecule has 0 radical (unpaired) electrons. The lowest BCUT2D eigenvalue weighted by Crippen LogP contribution is -2.74. The second kappa shape index (κ2) is 21.0. The van der Waals surface area contributed by atoms with Crippen LogP contribution in [0.1, 0.15) is 98.8 Å². The van der Waals surface area contributed by atoms with Gasteiger partial charge in [0.25, 0.3) is 11.8 Å². The van der Waals surface area contributed by atoms with Gasteiger partial charge in [-0.1, -0.05) is 84.3 Å². The van der Waals surface area contributed by atoms with E-state index < -0.39 is 52.2 Å². The monoisotopic (exact) mass is 953 g/mol. The van der Waals surface area contributed by atoms with Gasteiger partial charge in [0.05, 0.1) is 32.8 Å². The molecule has 1 aliphatic heterocycles. The maximum atomic E-state index is 14.0. The third-order valence-electron chi connectivity index (χ3n) is 12.5. The summed E-state index contributed by atoms with van der Waals surface area (Å²) in [6, 6.07) is 19.0. The SMILES string of the molecule is Cc1ncsc1-c1ccc(CNC(=O)[C@@H]2C[C@@H](O)CN2C(=O)[C@@H](NC(=O)COCCCNC(=O)c2ccc(C(=O)NC3C(C)(C)C(Oc4ccc(C#N)c(Cl)c4)C3(C)C)cc2)C(C)(C)C)cc1. The van der Waals surface area contributed by atoms with Gasteiger partial charge in [0, 0.05) is 66.7 Å². The van der Waals surface area contributed by atoms with Crippen molar-refractivity contribution in [1.82, 2.24) is 31.2 Å². The quantitative estimate of drug-likeness (QED) is 0.0757. The molecule has 5 N–H and O–H groups in total. The van der Waals surface area contributed by atoms with Gasteiger partial charge in [0.15, 0.2) is 0 Å². The third-order valence-corrected chi connectivity index (χ3v) is 13.8. The second-order valence-electron chi connectivity index (χ2n) is 19.5. The van der Waals surface area contributed by atoms with E-state index in [0.717, 1.165) is 21.7 Å².